The molecule has 2 amide bonds. The van der Waals surface area contributed by atoms with Crippen LogP contribution >= 0.6 is 0 Å². The van der Waals surface area contributed by atoms with E-state index in [1.165, 1.54) is 7.11 Å². The van der Waals surface area contributed by atoms with E-state index in [9.17, 15) is 18.0 Å². The molecule has 234 valence electrons. The van der Waals surface area contributed by atoms with Crippen molar-refractivity contribution in [3.63, 3.8) is 0 Å². The van der Waals surface area contributed by atoms with Gasteiger partial charge in [-0.2, -0.15) is 8.42 Å². The van der Waals surface area contributed by atoms with E-state index in [4.69, 9.17) is 14.3 Å². The summed E-state index contributed by atoms with van der Waals surface area (Å²) in [6, 6.07) is 33.3. The number of aryl methyl sites for hydroxylation is 1. The van der Waals surface area contributed by atoms with E-state index in [0.29, 0.717) is 24.2 Å². The van der Waals surface area contributed by atoms with Gasteiger partial charge in [-0.25, -0.2) is 10.3 Å². The number of ether oxygens (including phenoxy) is 2. The third kappa shape index (κ3) is 10.3. The Bertz CT molecular complexity index is 1640. The van der Waals surface area contributed by atoms with Crippen LogP contribution in [0.5, 0.6) is 5.75 Å². The third-order valence-electron chi connectivity index (χ3n) is 7.12. The fourth-order valence-corrected chi connectivity index (χ4v) is 5.64. The molecule has 0 aromatic heterocycles. The van der Waals surface area contributed by atoms with Gasteiger partial charge in [0.1, 0.15) is 18.4 Å². The van der Waals surface area contributed by atoms with Crippen molar-refractivity contribution in [1.29, 1.82) is 0 Å². The first-order valence-corrected chi connectivity index (χ1v) is 15.6. The number of carbonyl (C=O) groups is 2. The van der Waals surface area contributed by atoms with Crippen LogP contribution in [0.25, 0.3) is 0 Å². The molecule has 4 rings (SSSR count). The Kier molecular flexibility index (Phi) is 12.7. The molecule has 0 spiro atoms. The molecule has 0 aliphatic rings. The molecule has 9 nitrogen and oxygen atoms in total. The molecule has 0 saturated heterocycles. The standard InChI is InChI=1S/C35H36N2O7S/c1-42-30-22-20-29(21-23-30)32(31(45(40)41)19-11-18-26-12-5-2-6-13-26)33(34(38)37-44-25-28-16-9-4-10-17-28)36-35(39)43-24-27-14-7-3-8-15-27/h2-10,12-17,20-23,32-33H,11,18-19,24-25H2,1H3,(H,36,39)(H,37,38). The van der Waals surface area contributed by atoms with Gasteiger partial charge in [0.15, 0.2) is 0 Å². The van der Waals surface area contributed by atoms with Gasteiger partial charge >= 0.3 is 6.09 Å². The topological polar surface area (TPSA) is 120 Å². The highest BCUT2D eigenvalue weighted by Gasteiger charge is 2.36. The Morgan fingerprint density at radius 3 is 1.84 bits per heavy atom. The Morgan fingerprint density at radius 1 is 0.733 bits per heavy atom. The van der Waals surface area contributed by atoms with Crippen LogP contribution in [0.1, 0.15) is 41.0 Å². The minimum absolute atomic E-state index is 0.0418. The molecule has 2 unspecified atom stereocenters. The lowest BCUT2D eigenvalue weighted by molar-refractivity contribution is -0.136. The van der Waals surface area contributed by atoms with Gasteiger partial charge in [0.25, 0.3) is 5.91 Å². The number of hydrogen-bond donors (Lipinski definition) is 2. The highest BCUT2D eigenvalue weighted by atomic mass is 32.2. The lowest BCUT2D eigenvalue weighted by Gasteiger charge is -2.28. The summed E-state index contributed by atoms with van der Waals surface area (Å²) >= 11 is 0. The largest absolute Gasteiger partial charge is 0.497 e. The third-order valence-corrected chi connectivity index (χ3v) is 8.01. The summed E-state index contributed by atoms with van der Waals surface area (Å²) < 4.78 is 36.4. The van der Waals surface area contributed by atoms with Crippen molar-refractivity contribution in [2.45, 2.75) is 44.4 Å². The first-order chi connectivity index (χ1) is 21.9. The smallest absolute Gasteiger partial charge is 0.408 e. The molecule has 10 heteroatoms. The Morgan fingerprint density at radius 2 is 1.29 bits per heavy atom. The molecular formula is C35H36N2O7S. The maximum atomic E-state index is 13.8. The predicted molar refractivity (Wildman–Crippen MR) is 172 cm³/mol. The molecule has 0 aliphatic heterocycles. The molecular weight excluding hydrogens is 592 g/mol. The first-order valence-electron chi connectivity index (χ1n) is 14.5. The lowest BCUT2D eigenvalue weighted by atomic mass is 9.85. The maximum absolute atomic E-state index is 13.8. The van der Waals surface area contributed by atoms with Gasteiger partial charge in [-0.1, -0.05) is 103 Å². The summed E-state index contributed by atoms with van der Waals surface area (Å²) in [4.78, 5) is 32.4. The molecule has 0 heterocycles. The van der Waals surface area contributed by atoms with Gasteiger partial charge in [0, 0.05) is 5.92 Å². The first kappa shape index (κ1) is 33.0. The maximum Gasteiger partial charge on any atom is 0.408 e. The van der Waals surface area contributed by atoms with E-state index in [2.05, 4.69) is 10.8 Å². The number of hydroxylamine groups is 1. The van der Waals surface area contributed by atoms with E-state index in [1.54, 1.807) is 36.4 Å². The predicted octanol–water partition coefficient (Wildman–Crippen LogP) is 5.40. The fraction of sp³-hybridized carbons (Fsp3) is 0.229. The molecule has 0 fully saturated rings. The van der Waals surface area contributed by atoms with Crippen molar-refractivity contribution in [3.8, 4) is 5.75 Å². The number of amides is 2. The molecule has 2 atom stereocenters. The molecule has 0 bridgehead atoms. The minimum atomic E-state index is -2.70. The van der Waals surface area contributed by atoms with Crippen molar-refractivity contribution in [2.24, 2.45) is 0 Å². The number of hydrogen-bond acceptors (Lipinski definition) is 7. The molecule has 4 aromatic carbocycles. The molecule has 4 aromatic rings. The zero-order valence-electron chi connectivity index (χ0n) is 24.9. The zero-order chi connectivity index (χ0) is 31.9. The summed E-state index contributed by atoms with van der Waals surface area (Å²) in [5, 5.41) is 2.63. The second-order valence-corrected chi connectivity index (χ2v) is 11.2. The van der Waals surface area contributed by atoms with E-state index in [0.717, 1.165) is 16.7 Å². The van der Waals surface area contributed by atoms with Crippen LogP contribution in [0.2, 0.25) is 0 Å². The van der Waals surface area contributed by atoms with E-state index >= 15 is 0 Å². The van der Waals surface area contributed by atoms with Gasteiger partial charge in [0.05, 0.1) is 18.6 Å². The fourth-order valence-electron chi connectivity index (χ4n) is 4.85. The molecule has 0 radical (unpaired) electrons. The number of benzene rings is 4. The van der Waals surface area contributed by atoms with Crippen LogP contribution in [0.4, 0.5) is 4.79 Å². The van der Waals surface area contributed by atoms with Crippen LogP contribution < -0.4 is 15.5 Å². The van der Waals surface area contributed by atoms with Gasteiger partial charge in [0.2, 0.25) is 10.3 Å². The van der Waals surface area contributed by atoms with Gasteiger partial charge in [-0.15, -0.1) is 0 Å². The Hall–Kier alpha value is -4.93. The van der Waals surface area contributed by atoms with Gasteiger partial charge < -0.3 is 14.8 Å². The Balaban J connectivity index is 1.63. The van der Waals surface area contributed by atoms with Crippen molar-refractivity contribution in [1.82, 2.24) is 10.8 Å². The Labute approximate surface area is 264 Å². The van der Waals surface area contributed by atoms with Crippen molar-refractivity contribution in [3.05, 3.63) is 138 Å². The summed E-state index contributed by atoms with van der Waals surface area (Å²) in [7, 11) is -1.18. The summed E-state index contributed by atoms with van der Waals surface area (Å²) in [6.07, 6.45) is 0.385. The second-order valence-electron chi connectivity index (χ2n) is 10.2. The molecule has 0 aliphatic carbocycles. The van der Waals surface area contributed by atoms with E-state index in [1.807, 2.05) is 78.9 Å². The molecule has 2 N–H and O–H groups in total. The number of nitrogens with one attached hydrogen (secondary N) is 2. The number of methoxy groups -OCH3 is 1. The highest BCUT2D eigenvalue weighted by molar-refractivity contribution is 7.73. The van der Waals surface area contributed by atoms with Crippen LogP contribution in [0.15, 0.2) is 115 Å². The monoisotopic (exact) mass is 628 g/mol. The normalized spacial score (nSPS) is 11.9. The molecule has 45 heavy (non-hydrogen) atoms. The van der Waals surface area contributed by atoms with Crippen molar-refractivity contribution < 1.29 is 32.3 Å². The van der Waals surface area contributed by atoms with Crippen molar-refractivity contribution >= 4 is 27.2 Å². The average molecular weight is 629 g/mol. The SMILES string of the molecule is COc1ccc(C(C(CCCc2ccccc2)=S(=O)=O)C(NC(=O)OCc2ccccc2)C(=O)NOCc2ccccc2)cc1. The highest BCUT2D eigenvalue weighted by Crippen LogP contribution is 2.27. The van der Waals surface area contributed by atoms with Crippen molar-refractivity contribution in [2.75, 3.05) is 7.11 Å². The molecule has 0 saturated carbocycles. The minimum Gasteiger partial charge on any atom is -0.497 e. The van der Waals surface area contributed by atoms with Crippen LogP contribution in [0.3, 0.4) is 0 Å². The number of rotatable bonds is 15. The zero-order valence-corrected chi connectivity index (χ0v) is 25.7. The second kappa shape index (κ2) is 17.4. The van der Waals surface area contributed by atoms with Gasteiger partial charge in [-0.05, 0) is 53.6 Å². The van der Waals surface area contributed by atoms with Crippen LogP contribution in [-0.2, 0) is 44.3 Å². The number of carbonyl (C=O) groups excluding carboxylic acids is 2. The van der Waals surface area contributed by atoms with Crippen LogP contribution in [-0.4, -0.2) is 38.4 Å². The van der Waals surface area contributed by atoms with Gasteiger partial charge in [-0.3, -0.25) is 9.63 Å². The van der Waals surface area contributed by atoms with E-state index < -0.39 is 34.3 Å². The average Bonchev–Trinajstić information content (AvgIpc) is 3.07. The quantitative estimate of drug-likeness (QED) is 0.134. The summed E-state index contributed by atoms with van der Waals surface area (Å²) in [5.41, 5.74) is 5.51. The van der Waals surface area contributed by atoms with E-state index in [-0.39, 0.29) is 24.5 Å². The lowest BCUT2D eigenvalue weighted by Crippen LogP contribution is -2.52. The summed E-state index contributed by atoms with van der Waals surface area (Å²) in [5.74, 6) is -1.27. The summed E-state index contributed by atoms with van der Waals surface area (Å²) in [6.45, 7) is 0.0198. The van der Waals surface area contributed by atoms with Crippen LogP contribution in [0, 0.1) is 0 Å². The number of alkyl carbamates (subject to hydrolysis) is 1.